The van der Waals surface area contributed by atoms with E-state index in [9.17, 15) is 13.2 Å². The Kier molecular flexibility index (Phi) is 6.77. The number of hydrogen-bond acceptors (Lipinski definition) is 4. The van der Waals surface area contributed by atoms with E-state index in [1.165, 1.54) is 38.4 Å². The fourth-order valence-corrected chi connectivity index (χ4v) is 3.70. The van der Waals surface area contributed by atoms with Gasteiger partial charge < -0.3 is 10.1 Å². The van der Waals surface area contributed by atoms with Gasteiger partial charge in [-0.1, -0.05) is 29.8 Å². The van der Waals surface area contributed by atoms with E-state index in [0.29, 0.717) is 28.6 Å². The number of rotatable bonds is 7. The smallest absolute Gasteiger partial charge is 0.255 e. The average Bonchev–Trinajstić information content (AvgIpc) is 2.74. The van der Waals surface area contributed by atoms with Crippen LogP contribution in [0.4, 0.5) is 5.69 Å². The minimum Gasteiger partial charge on any atom is -0.489 e. The van der Waals surface area contributed by atoms with E-state index in [1.807, 2.05) is 18.2 Å². The van der Waals surface area contributed by atoms with Crippen LogP contribution in [-0.2, 0) is 16.6 Å². The summed E-state index contributed by atoms with van der Waals surface area (Å²) in [6, 6.07) is 20.2. The van der Waals surface area contributed by atoms with Crippen LogP contribution in [0.5, 0.6) is 5.75 Å². The number of hydrogen-bond donors (Lipinski definition) is 1. The zero-order valence-electron chi connectivity index (χ0n) is 16.5. The number of carbonyl (C=O) groups is 1. The molecule has 0 heterocycles. The van der Waals surface area contributed by atoms with Crippen LogP contribution < -0.4 is 10.1 Å². The Morgan fingerprint density at radius 3 is 2.20 bits per heavy atom. The van der Waals surface area contributed by atoms with Gasteiger partial charge in [-0.2, -0.15) is 0 Å². The van der Waals surface area contributed by atoms with Gasteiger partial charge in [0, 0.05) is 35.9 Å². The predicted octanol–water partition coefficient (Wildman–Crippen LogP) is 4.42. The number of anilines is 1. The topological polar surface area (TPSA) is 75.7 Å². The van der Waals surface area contributed by atoms with Gasteiger partial charge in [0.1, 0.15) is 12.4 Å². The lowest BCUT2D eigenvalue weighted by molar-refractivity contribution is 0.102. The Bertz CT molecular complexity index is 1130. The Labute approximate surface area is 181 Å². The van der Waals surface area contributed by atoms with Crippen molar-refractivity contribution in [3.05, 3.63) is 88.9 Å². The highest BCUT2D eigenvalue weighted by molar-refractivity contribution is 7.89. The van der Waals surface area contributed by atoms with E-state index in [-0.39, 0.29) is 10.8 Å². The zero-order valence-corrected chi connectivity index (χ0v) is 18.1. The number of nitrogens with one attached hydrogen (secondary N) is 1. The first-order valence-electron chi connectivity index (χ1n) is 9.07. The number of nitrogens with zero attached hydrogens (tertiary/aromatic N) is 1. The maximum absolute atomic E-state index is 12.4. The first-order chi connectivity index (χ1) is 14.3. The highest BCUT2D eigenvalue weighted by atomic mass is 35.5. The van der Waals surface area contributed by atoms with Gasteiger partial charge in [-0.3, -0.25) is 4.79 Å². The SMILES string of the molecule is CN(C)S(=O)(=O)c1ccc(C(=O)Nc2ccc(OCc3ccccc3Cl)cc2)cc1. The molecule has 0 aromatic heterocycles. The summed E-state index contributed by atoms with van der Waals surface area (Å²) in [5.74, 6) is 0.305. The molecule has 3 rings (SSSR count). The molecular formula is C22H21ClN2O4S. The molecule has 0 aliphatic heterocycles. The van der Waals surface area contributed by atoms with E-state index in [4.69, 9.17) is 16.3 Å². The zero-order chi connectivity index (χ0) is 21.7. The molecular weight excluding hydrogens is 424 g/mol. The average molecular weight is 445 g/mol. The van der Waals surface area contributed by atoms with Crippen molar-refractivity contribution in [3.63, 3.8) is 0 Å². The third-order valence-electron chi connectivity index (χ3n) is 4.36. The van der Waals surface area contributed by atoms with Gasteiger partial charge >= 0.3 is 0 Å². The standard InChI is InChI=1S/C22H21ClN2O4S/c1-25(2)30(27,28)20-13-7-16(8-14-20)22(26)24-18-9-11-19(12-10-18)29-15-17-5-3-4-6-21(17)23/h3-14H,15H2,1-2H3,(H,24,26). The second-order valence-electron chi connectivity index (χ2n) is 6.67. The molecule has 0 fully saturated rings. The Hall–Kier alpha value is -2.87. The fourth-order valence-electron chi connectivity index (χ4n) is 2.60. The molecule has 156 valence electrons. The van der Waals surface area contributed by atoms with Gasteiger partial charge in [-0.05, 0) is 54.6 Å². The number of amides is 1. The van der Waals surface area contributed by atoms with Crippen LogP contribution >= 0.6 is 11.6 Å². The second kappa shape index (κ2) is 9.30. The molecule has 0 saturated heterocycles. The summed E-state index contributed by atoms with van der Waals surface area (Å²) >= 11 is 6.12. The summed E-state index contributed by atoms with van der Waals surface area (Å²) in [4.78, 5) is 12.6. The van der Waals surface area contributed by atoms with Crippen molar-refractivity contribution >= 4 is 33.2 Å². The molecule has 0 bridgehead atoms. The normalized spacial score (nSPS) is 11.3. The first-order valence-corrected chi connectivity index (χ1v) is 10.9. The minimum absolute atomic E-state index is 0.129. The Morgan fingerprint density at radius 2 is 1.60 bits per heavy atom. The summed E-state index contributed by atoms with van der Waals surface area (Å²) in [6.45, 7) is 0.341. The molecule has 8 heteroatoms. The summed E-state index contributed by atoms with van der Waals surface area (Å²) in [7, 11) is -0.620. The molecule has 0 spiro atoms. The second-order valence-corrected chi connectivity index (χ2v) is 9.23. The van der Waals surface area contributed by atoms with E-state index in [0.717, 1.165) is 9.87 Å². The van der Waals surface area contributed by atoms with Gasteiger partial charge in [-0.25, -0.2) is 12.7 Å². The number of sulfonamides is 1. The van der Waals surface area contributed by atoms with Crippen LogP contribution in [0.3, 0.4) is 0 Å². The van der Waals surface area contributed by atoms with Gasteiger partial charge in [0.15, 0.2) is 0 Å². The molecule has 0 unspecified atom stereocenters. The van der Waals surface area contributed by atoms with Crippen molar-refractivity contribution in [2.45, 2.75) is 11.5 Å². The lowest BCUT2D eigenvalue weighted by Gasteiger charge is -2.12. The first kappa shape index (κ1) is 21.8. The molecule has 30 heavy (non-hydrogen) atoms. The highest BCUT2D eigenvalue weighted by Crippen LogP contribution is 2.21. The monoisotopic (exact) mass is 444 g/mol. The molecule has 0 aliphatic rings. The van der Waals surface area contributed by atoms with Crippen molar-refractivity contribution in [3.8, 4) is 5.75 Å². The van der Waals surface area contributed by atoms with Crippen molar-refractivity contribution in [1.82, 2.24) is 4.31 Å². The predicted molar refractivity (Wildman–Crippen MR) is 117 cm³/mol. The van der Waals surface area contributed by atoms with Gasteiger partial charge in [0.2, 0.25) is 10.0 Å². The number of carbonyl (C=O) groups excluding carboxylic acids is 1. The molecule has 3 aromatic carbocycles. The molecule has 1 N–H and O–H groups in total. The lowest BCUT2D eigenvalue weighted by Crippen LogP contribution is -2.22. The third kappa shape index (κ3) is 5.18. The van der Waals surface area contributed by atoms with Gasteiger partial charge in [0.25, 0.3) is 5.91 Å². The number of benzene rings is 3. The quantitative estimate of drug-likeness (QED) is 0.585. The van der Waals surface area contributed by atoms with Crippen molar-refractivity contribution in [2.75, 3.05) is 19.4 Å². The molecule has 3 aromatic rings. The van der Waals surface area contributed by atoms with Crippen LogP contribution in [0.2, 0.25) is 5.02 Å². The van der Waals surface area contributed by atoms with Crippen LogP contribution in [0.1, 0.15) is 15.9 Å². The summed E-state index contributed by atoms with van der Waals surface area (Å²) in [5.41, 5.74) is 1.83. The molecule has 0 radical (unpaired) electrons. The Morgan fingerprint density at radius 1 is 0.967 bits per heavy atom. The van der Waals surface area contributed by atoms with Crippen molar-refractivity contribution < 1.29 is 17.9 Å². The Balaban J connectivity index is 1.61. The highest BCUT2D eigenvalue weighted by Gasteiger charge is 2.17. The van der Waals surface area contributed by atoms with Crippen molar-refractivity contribution in [2.24, 2.45) is 0 Å². The molecule has 0 atom stereocenters. The maximum Gasteiger partial charge on any atom is 0.255 e. The molecule has 1 amide bonds. The van der Waals surface area contributed by atoms with Crippen LogP contribution in [0.25, 0.3) is 0 Å². The van der Waals surface area contributed by atoms with Crippen LogP contribution in [-0.4, -0.2) is 32.7 Å². The van der Waals surface area contributed by atoms with E-state index >= 15 is 0 Å². The third-order valence-corrected chi connectivity index (χ3v) is 6.56. The largest absolute Gasteiger partial charge is 0.489 e. The van der Waals surface area contributed by atoms with Crippen molar-refractivity contribution in [1.29, 1.82) is 0 Å². The van der Waals surface area contributed by atoms with E-state index in [1.54, 1.807) is 30.3 Å². The molecule has 0 aliphatic carbocycles. The molecule has 0 saturated carbocycles. The maximum atomic E-state index is 12.4. The van der Waals surface area contributed by atoms with Gasteiger partial charge in [0.05, 0.1) is 4.90 Å². The minimum atomic E-state index is -3.53. The fraction of sp³-hybridized carbons (Fsp3) is 0.136. The molecule has 6 nitrogen and oxygen atoms in total. The van der Waals surface area contributed by atoms with E-state index < -0.39 is 10.0 Å². The van der Waals surface area contributed by atoms with Crippen LogP contribution in [0, 0.1) is 0 Å². The lowest BCUT2D eigenvalue weighted by atomic mass is 10.2. The summed E-state index contributed by atoms with van der Waals surface area (Å²) < 4.78 is 31.1. The van der Waals surface area contributed by atoms with E-state index in [2.05, 4.69) is 5.32 Å². The van der Waals surface area contributed by atoms with Gasteiger partial charge in [-0.15, -0.1) is 0 Å². The number of ether oxygens (including phenoxy) is 1. The summed E-state index contributed by atoms with van der Waals surface area (Å²) in [5, 5.41) is 3.42. The number of halogens is 1. The van der Waals surface area contributed by atoms with Crippen LogP contribution in [0.15, 0.2) is 77.7 Å². The summed E-state index contributed by atoms with van der Waals surface area (Å²) in [6.07, 6.45) is 0.